The van der Waals surface area contributed by atoms with Gasteiger partial charge in [-0.05, 0) is 17.7 Å². The van der Waals surface area contributed by atoms with E-state index in [0.29, 0.717) is 0 Å². The number of para-hydroxylation sites is 1. The number of allylic oxidation sites excluding steroid dienone is 4. The fraction of sp³-hybridized carbons (Fsp3) is 0.231. The number of hydrogen-bond donors (Lipinski definition) is 1. The second kappa shape index (κ2) is 3.70. The van der Waals surface area contributed by atoms with Gasteiger partial charge in [-0.25, -0.2) is 0 Å². The van der Waals surface area contributed by atoms with Crippen molar-refractivity contribution in [3.63, 3.8) is 0 Å². The van der Waals surface area contributed by atoms with Crippen LogP contribution in [0.25, 0.3) is 0 Å². The van der Waals surface area contributed by atoms with E-state index in [-0.39, 0.29) is 0 Å². The summed E-state index contributed by atoms with van der Waals surface area (Å²) in [5.74, 6) is 0. The van der Waals surface area contributed by atoms with E-state index in [9.17, 15) is 0 Å². The lowest BCUT2D eigenvalue weighted by molar-refractivity contribution is 1.36. The third-order valence-corrected chi connectivity index (χ3v) is 6.99. The third kappa shape index (κ3) is 1.77. The lowest BCUT2D eigenvalue weighted by atomic mass is 10.3. The first-order chi connectivity index (χ1) is 7.12. The molecule has 15 heavy (non-hydrogen) atoms. The molecule has 0 aromatic heterocycles. The van der Waals surface area contributed by atoms with E-state index >= 15 is 0 Å². The average Bonchev–Trinajstić information content (AvgIpc) is 2.71. The monoisotopic (exact) mass is 215 g/mol. The van der Waals surface area contributed by atoms with Crippen LogP contribution < -0.4 is 10.9 Å². The topological polar surface area (TPSA) is 26.0 Å². The molecule has 2 rings (SSSR count). The highest BCUT2D eigenvalue weighted by Crippen LogP contribution is 2.24. The molecule has 0 bridgehead atoms. The molecule has 0 spiro atoms. The molecule has 0 atom stereocenters. The zero-order chi connectivity index (χ0) is 10.9. The second-order valence-corrected chi connectivity index (χ2v) is 8.97. The first kappa shape index (κ1) is 10.2. The highest BCUT2D eigenvalue weighted by atomic mass is 28.3. The van der Waals surface area contributed by atoms with E-state index in [2.05, 4.69) is 43.5 Å². The molecule has 0 saturated heterocycles. The van der Waals surface area contributed by atoms with Gasteiger partial charge in [0.25, 0.3) is 0 Å². The summed E-state index contributed by atoms with van der Waals surface area (Å²) in [5, 5.41) is 2.93. The predicted molar refractivity (Wildman–Crippen MR) is 69.8 cm³/mol. The number of nitrogen functional groups attached to an aromatic ring is 1. The Bertz CT molecular complexity index is 430. The van der Waals surface area contributed by atoms with Crippen molar-refractivity contribution >= 4 is 18.9 Å². The molecular weight excluding hydrogens is 198 g/mol. The second-order valence-electron chi connectivity index (χ2n) is 4.54. The molecule has 1 aromatic carbocycles. The summed E-state index contributed by atoms with van der Waals surface area (Å²) in [7, 11) is -1.52. The minimum Gasteiger partial charge on any atom is -0.399 e. The Morgan fingerprint density at radius 3 is 2.53 bits per heavy atom. The summed E-state index contributed by atoms with van der Waals surface area (Å²) < 4.78 is 0. The van der Waals surface area contributed by atoms with Crippen molar-refractivity contribution < 1.29 is 0 Å². The van der Waals surface area contributed by atoms with Crippen LogP contribution in [0.15, 0.2) is 47.7 Å². The minimum absolute atomic E-state index is 0.946. The first-order valence-corrected chi connectivity index (χ1v) is 8.33. The third-order valence-electron chi connectivity index (χ3n) is 3.21. The molecule has 0 unspecified atom stereocenters. The van der Waals surface area contributed by atoms with Gasteiger partial charge in [-0.15, -0.1) is 0 Å². The number of anilines is 1. The Kier molecular flexibility index (Phi) is 2.53. The molecule has 0 saturated carbocycles. The molecule has 1 aliphatic carbocycles. The van der Waals surface area contributed by atoms with E-state index in [1.165, 1.54) is 5.19 Å². The standard InChI is InChI=1S/C13H17NSi/c1-15(2,11-7-3-4-8-11)13-10-6-5-9-12(13)14/h3-7,9-10H,8,14H2,1-2H3. The van der Waals surface area contributed by atoms with Crippen LogP contribution in [0.2, 0.25) is 13.1 Å². The largest absolute Gasteiger partial charge is 0.399 e. The molecular formula is C13H17NSi. The van der Waals surface area contributed by atoms with Gasteiger partial charge in [0, 0.05) is 5.69 Å². The van der Waals surface area contributed by atoms with Crippen LogP contribution in [0, 0.1) is 0 Å². The fourth-order valence-corrected chi connectivity index (χ4v) is 4.95. The summed E-state index contributed by atoms with van der Waals surface area (Å²) in [4.78, 5) is 0. The Morgan fingerprint density at radius 1 is 1.20 bits per heavy atom. The van der Waals surface area contributed by atoms with Crippen molar-refractivity contribution in [2.45, 2.75) is 19.5 Å². The van der Waals surface area contributed by atoms with Gasteiger partial charge in [0.05, 0.1) is 0 Å². The molecule has 0 heterocycles. The van der Waals surface area contributed by atoms with Gasteiger partial charge in [0.2, 0.25) is 0 Å². The van der Waals surface area contributed by atoms with Crippen LogP contribution in [0.5, 0.6) is 0 Å². The summed E-state index contributed by atoms with van der Waals surface area (Å²) >= 11 is 0. The number of hydrogen-bond acceptors (Lipinski definition) is 1. The van der Waals surface area contributed by atoms with Gasteiger partial charge in [-0.3, -0.25) is 0 Å². The van der Waals surface area contributed by atoms with Gasteiger partial charge < -0.3 is 5.73 Å². The van der Waals surface area contributed by atoms with Gasteiger partial charge >= 0.3 is 0 Å². The molecule has 0 fully saturated rings. The van der Waals surface area contributed by atoms with Crippen molar-refractivity contribution in [1.82, 2.24) is 0 Å². The molecule has 2 N–H and O–H groups in total. The zero-order valence-electron chi connectivity index (χ0n) is 9.33. The molecule has 1 aromatic rings. The van der Waals surface area contributed by atoms with Crippen LogP contribution in [0.4, 0.5) is 5.69 Å². The smallest absolute Gasteiger partial charge is 0.110 e. The minimum atomic E-state index is -1.52. The van der Waals surface area contributed by atoms with Crippen LogP contribution in [0.3, 0.4) is 0 Å². The lowest BCUT2D eigenvalue weighted by Crippen LogP contribution is -2.44. The summed E-state index contributed by atoms with van der Waals surface area (Å²) in [6.45, 7) is 4.75. The van der Waals surface area contributed by atoms with E-state index in [1.807, 2.05) is 12.1 Å². The van der Waals surface area contributed by atoms with E-state index < -0.39 is 8.07 Å². The van der Waals surface area contributed by atoms with Crippen LogP contribution in [0.1, 0.15) is 6.42 Å². The van der Waals surface area contributed by atoms with Gasteiger partial charge in [-0.1, -0.05) is 54.7 Å². The highest BCUT2D eigenvalue weighted by molar-refractivity contribution is 6.96. The molecule has 2 heteroatoms. The quantitative estimate of drug-likeness (QED) is 0.595. The highest BCUT2D eigenvalue weighted by Gasteiger charge is 2.29. The molecule has 0 radical (unpaired) electrons. The van der Waals surface area contributed by atoms with E-state index in [1.54, 1.807) is 5.20 Å². The van der Waals surface area contributed by atoms with E-state index in [0.717, 1.165) is 12.1 Å². The normalized spacial score (nSPS) is 15.5. The van der Waals surface area contributed by atoms with Crippen molar-refractivity contribution in [2.24, 2.45) is 0 Å². The van der Waals surface area contributed by atoms with Crippen LogP contribution >= 0.6 is 0 Å². The summed E-state index contributed by atoms with van der Waals surface area (Å²) in [6, 6.07) is 8.28. The Hall–Kier alpha value is -1.28. The van der Waals surface area contributed by atoms with Crippen molar-refractivity contribution in [3.8, 4) is 0 Å². The van der Waals surface area contributed by atoms with Gasteiger partial charge in [-0.2, -0.15) is 0 Å². The summed E-state index contributed by atoms with van der Waals surface area (Å²) in [5.41, 5.74) is 7.01. The van der Waals surface area contributed by atoms with Gasteiger partial charge in [0.15, 0.2) is 0 Å². The van der Waals surface area contributed by atoms with Crippen molar-refractivity contribution in [1.29, 1.82) is 0 Å². The Morgan fingerprint density at radius 2 is 1.93 bits per heavy atom. The zero-order valence-corrected chi connectivity index (χ0v) is 10.3. The fourth-order valence-electron chi connectivity index (χ4n) is 2.15. The number of rotatable bonds is 2. The molecule has 0 amide bonds. The van der Waals surface area contributed by atoms with Gasteiger partial charge in [0.1, 0.15) is 8.07 Å². The van der Waals surface area contributed by atoms with Crippen molar-refractivity contribution in [3.05, 3.63) is 47.7 Å². The molecule has 78 valence electrons. The molecule has 0 aliphatic heterocycles. The Balaban J connectivity index is 2.41. The van der Waals surface area contributed by atoms with E-state index in [4.69, 9.17) is 5.73 Å². The predicted octanol–water partition coefficient (Wildman–Crippen LogP) is 2.61. The number of nitrogens with two attached hydrogens (primary N) is 1. The lowest BCUT2D eigenvalue weighted by Gasteiger charge is -2.26. The SMILES string of the molecule is C[Si](C)(C1=CC=CC1)c1ccccc1N. The average molecular weight is 215 g/mol. The maximum absolute atomic E-state index is 6.06. The van der Waals surface area contributed by atoms with Crippen LogP contribution in [-0.2, 0) is 0 Å². The maximum Gasteiger partial charge on any atom is 0.110 e. The summed E-state index contributed by atoms with van der Waals surface area (Å²) in [6.07, 6.45) is 7.75. The van der Waals surface area contributed by atoms with Crippen LogP contribution in [-0.4, -0.2) is 8.07 Å². The first-order valence-electron chi connectivity index (χ1n) is 5.33. The Labute approximate surface area is 92.3 Å². The maximum atomic E-state index is 6.06. The molecule has 1 nitrogen and oxygen atoms in total. The van der Waals surface area contributed by atoms with Crippen molar-refractivity contribution in [2.75, 3.05) is 5.73 Å². The molecule has 1 aliphatic rings. The number of benzene rings is 1.